The molecule has 1 saturated heterocycles. The van der Waals surface area contributed by atoms with Gasteiger partial charge in [-0.3, -0.25) is 14.9 Å². The van der Waals surface area contributed by atoms with Gasteiger partial charge in [-0.05, 0) is 25.5 Å². The normalized spacial score (nSPS) is 19.9. The van der Waals surface area contributed by atoms with Gasteiger partial charge in [0.2, 0.25) is 0 Å². The van der Waals surface area contributed by atoms with Crippen molar-refractivity contribution < 1.29 is 14.5 Å². The standard InChI is InChI=1S/C17H18N2O4S/c1-17(2)11-23-13(12-6-4-3-5-7-12)10-18(17)16(20)14-8-9-15(24-14)19(21)22/h3-9,13H,10-11H2,1-2H3/t13-/m1/s1. The van der Waals surface area contributed by atoms with E-state index in [1.54, 1.807) is 4.90 Å². The topological polar surface area (TPSA) is 72.7 Å². The summed E-state index contributed by atoms with van der Waals surface area (Å²) in [4.78, 5) is 25.4. The van der Waals surface area contributed by atoms with Crippen molar-refractivity contribution in [1.29, 1.82) is 0 Å². The van der Waals surface area contributed by atoms with E-state index in [0.29, 0.717) is 18.0 Å². The third-order valence-electron chi connectivity index (χ3n) is 4.12. The summed E-state index contributed by atoms with van der Waals surface area (Å²) in [6.07, 6.45) is -0.196. The highest BCUT2D eigenvalue weighted by Gasteiger charge is 2.39. The number of ether oxygens (including phenoxy) is 1. The van der Waals surface area contributed by atoms with Crippen LogP contribution in [0, 0.1) is 10.1 Å². The van der Waals surface area contributed by atoms with Crippen LogP contribution in [0.15, 0.2) is 42.5 Å². The summed E-state index contributed by atoms with van der Waals surface area (Å²) >= 11 is 0.909. The maximum absolute atomic E-state index is 12.9. The molecule has 2 aromatic rings. The van der Waals surface area contributed by atoms with Gasteiger partial charge in [0.15, 0.2) is 0 Å². The summed E-state index contributed by atoms with van der Waals surface area (Å²) in [7, 11) is 0. The lowest BCUT2D eigenvalue weighted by Crippen LogP contribution is -2.56. The Bertz CT molecular complexity index is 757. The number of hydrogen-bond acceptors (Lipinski definition) is 5. The second kappa shape index (κ2) is 6.33. The molecule has 1 aromatic carbocycles. The lowest BCUT2D eigenvalue weighted by molar-refractivity contribution is -0.380. The number of morpholine rings is 1. The van der Waals surface area contributed by atoms with Crippen LogP contribution in [0.5, 0.6) is 0 Å². The van der Waals surface area contributed by atoms with Crippen molar-refractivity contribution in [2.24, 2.45) is 0 Å². The van der Waals surface area contributed by atoms with Crippen LogP contribution in [-0.4, -0.2) is 34.4 Å². The summed E-state index contributed by atoms with van der Waals surface area (Å²) in [6, 6.07) is 12.7. The fourth-order valence-corrected chi connectivity index (χ4v) is 3.52. The van der Waals surface area contributed by atoms with E-state index in [4.69, 9.17) is 4.74 Å². The molecule has 24 heavy (non-hydrogen) atoms. The van der Waals surface area contributed by atoms with E-state index in [1.165, 1.54) is 12.1 Å². The van der Waals surface area contributed by atoms with Gasteiger partial charge in [-0.15, -0.1) is 0 Å². The number of carbonyl (C=O) groups excluding carboxylic acids is 1. The van der Waals surface area contributed by atoms with Gasteiger partial charge < -0.3 is 9.64 Å². The molecule has 1 amide bonds. The van der Waals surface area contributed by atoms with E-state index in [9.17, 15) is 14.9 Å². The van der Waals surface area contributed by atoms with Crippen LogP contribution in [0.2, 0.25) is 0 Å². The van der Waals surface area contributed by atoms with Crippen molar-refractivity contribution in [3.05, 3.63) is 63.0 Å². The van der Waals surface area contributed by atoms with Crippen LogP contribution in [-0.2, 0) is 4.74 Å². The molecule has 7 heteroatoms. The molecule has 0 aliphatic carbocycles. The van der Waals surface area contributed by atoms with Crippen LogP contribution in [0.3, 0.4) is 0 Å². The molecule has 126 valence electrons. The Morgan fingerprint density at radius 1 is 1.29 bits per heavy atom. The number of nitrogens with zero attached hydrogens (tertiary/aromatic N) is 2. The number of amides is 1. The van der Waals surface area contributed by atoms with Crippen LogP contribution in [0.25, 0.3) is 0 Å². The number of benzene rings is 1. The van der Waals surface area contributed by atoms with Gasteiger partial charge in [0.25, 0.3) is 5.91 Å². The van der Waals surface area contributed by atoms with Gasteiger partial charge in [-0.25, -0.2) is 0 Å². The van der Waals surface area contributed by atoms with Gasteiger partial charge in [-0.2, -0.15) is 0 Å². The molecule has 0 N–H and O–H groups in total. The molecule has 0 spiro atoms. The average Bonchev–Trinajstić information content (AvgIpc) is 3.05. The smallest absolute Gasteiger partial charge is 0.324 e. The zero-order valence-electron chi connectivity index (χ0n) is 13.5. The SMILES string of the molecule is CC1(C)CO[C@@H](c2ccccc2)CN1C(=O)c1ccc([N+](=O)[O-])s1. The van der Waals surface area contributed by atoms with Crippen molar-refractivity contribution in [2.45, 2.75) is 25.5 Å². The maximum Gasteiger partial charge on any atom is 0.324 e. The monoisotopic (exact) mass is 346 g/mol. The predicted molar refractivity (Wildman–Crippen MR) is 91.2 cm³/mol. The van der Waals surface area contributed by atoms with Gasteiger partial charge >= 0.3 is 5.00 Å². The summed E-state index contributed by atoms with van der Waals surface area (Å²) in [6.45, 7) is 4.70. The Morgan fingerprint density at radius 3 is 2.62 bits per heavy atom. The lowest BCUT2D eigenvalue weighted by Gasteiger charge is -2.45. The first-order chi connectivity index (χ1) is 11.4. The number of rotatable bonds is 3. The Labute approximate surface area is 143 Å². The highest BCUT2D eigenvalue weighted by atomic mass is 32.1. The largest absolute Gasteiger partial charge is 0.369 e. The Morgan fingerprint density at radius 2 is 2.00 bits per heavy atom. The highest BCUT2D eigenvalue weighted by molar-refractivity contribution is 7.17. The number of nitro groups is 1. The van der Waals surface area contributed by atoms with Crippen LogP contribution in [0.4, 0.5) is 5.00 Å². The van der Waals surface area contributed by atoms with Gasteiger partial charge in [-0.1, -0.05) is 41.7 Å². The van der Waals surface area contributed by atoms with Crippen molar-refractivity contribution in [1.82, 2.24) is 4.90 Å². The van der Waals surface area contributed by atoms with Gasteiger partial charge in [0.1, 0.15) is 6.10 Å². The lowest BCUT2D eigenvalue weighted by atomic mass is 9.98. The molecular weight excluding hydrogens is 328 g/mol. The van der Waals surface area contributed by atoms with Crippen molar-refractivity contribution in [3.63, 3.8) is 0 Å². The zero-order valence-corrected chi connectivity index (χ0v) is 14.3. The molecule has 1 aliphatic heterocycles. The third kappa shape index (κ3) is 3.18. The van der Waals surface area contributed by atoms with Gasteiger partial charge in [0, 0.05) is 6.07 Å². The van der Waals surface area contributed by atoms with E-state index in [1.807, 2.05) is 44.2 Å². The van der Waals surface area contributed by atoms with Crippen molar-refractivity contribution >= 4 is 22.2 Å². The molecule has 6 nitrogen and oxygen atoms in total. The van der Waals surface area contributed by atoms with E-state index in [-0.39, 0.29) is 17.0 Å². The van der Waals surface area contributed by atoms with E-state index in [2.05, 4.69) is 0 Å². The number of carbonyl (C=O) groups is 1. The summed E-state index contributed by atoms with van der Waals surface area (Å²) < 4.78 is 5.94. The molecular formula is C17H18N2O4S. The molecule has 2 heterocycles. The highest BCUT2D eigenvalue weighted by Crippen LogP contribution is 2.33. The molecule has 0 unspecified atom stereocenters. The van der Waals surface area contributed by atoms with Crippen molar-refractivity contribution in [2.75, 3.05) is 13.2 Å². The van der Waals surface area contributed by atoms with E-state index in [0.717, 1.165) is 16.9 Å². The zero-order chi connectivity index (χ0) is 17.3. The average molecular weight is 346 g/mol. The Kier molecular flexibility index (Phi) is 4.38. The van der Waals surface area contributed by atoms with Gasteiger partial charge in [0.05, 0.1) is 28.5 Å². The minimum atomic E-state index is -0.474. The second-order valence-electron chi connectivity index (χ2n) is 6.33. The first kappa shape index (κ1) is 16.6. The first-order valence-corrected chi connectivity index (χ1v) is 8.43. The summed E-state index contributed by atoms with van der Waals surface area (Å²) in [5.41, 5.74) is 0.546. The predicted octanol–water partition coefficient (Wildman–Crippen LogP) is 3.65. The molecule has 1 fully saturated rings. The minimum Gasteiger partial charge on any atom is -0.369 e. The number of hydrogen-bond donors (Lipinski definition) is 0. The minimum absolute atomic E-state index is 0.0241. The third-order valence-corrected chi connectivity index (χ3v) is 5.14. The molecule has 0 radical (unpaired) electrons. The van der Waals surface area contributed by atoms with Crippen LogP contribution in [0.1, 0.15) is 35.2 Å². The molecule has 1 aromatic heterocycles. The molecule has 0 saturated carbocycles. The molecule has 3 rings (SSSR count). The van der Waals surface area contributed by atoms with Crippen LogP contribution >= 0.6 is 11.3 Å². The van der Waals surface area contributed by atoms with Crippen LogP contribution < -0.4 is 0 Å². The second-order valence-corrected chi connectivity index (χ2v) is 7.40. The molecule has 0 bridgehead atoms. The summed E-state index contributed by atoms with van der Waals surface area (Å²) in [5, 5.41) is 10.8. The Balaban J connectivity index is 1.85. The molecule has 1 atom stereocenters. The molecule has 1 aliphatic rings. The number of thiophene rings is 1. The Hall–Kier alpha value is -2.25. The van der Waals surface area contributed by atoms with E-state index < -0.39 is 10.5 Å². The fraction of sp³-hybridized carbons (Fsp3) is 0.353. The van der Waals surface area contributed by atoms with Crippen molar-refractivity contribution in [3.8, 4) is 0 Å². The first-order valence-electron chi connectivity index (χ1n) is 7.61. The summed E-state index contributed by atoms with van der Waals surface area (Å²) in [5.74, 6) is -0.192. The van der Waals surface area contributed by atoms with E-state index >= 15 is 0 Å². The fourth-order valence-electron chi connectivity index (χ4n) is 2.75. The quantitative estimate of drug-likeness (QED) is 0.628. The maximum atomic E-state index is 12.9.